The molecule has 0 unspecified atom stereocenters. The van der Waals surface area contributed by atoms with Gasteiger partial charge in [0.05, 0.1) is 11.1 Å². The van der Waals surface area contributed by atoms with Crippen LogP contribution < -0.4 is 0 Å². The number of hydrogen-bond acceptors (Lipinski definition) is 4. The van der Waals surface area contributed by atoms with Crippen LogP contribution in [0.2, 0.25) is 0 Å². The predicted molar refractivity (Wildman–Crippen MR) is 93.5 cm³/mol. The number of carbonyl (C=O) groups is 1. The SMILES string of the molecule is CCc1c(C(=O)O)noc1/C=C\c1cc(C(F)(F)F)nc2ccc(C(F)(F)F)cc12. The zero-order valence-corrected chi connectivity index (χ0v) is 15.1. The molecule has 0 fully saturated rings. The van der Waals surface area contributed by atoms with E-state index < -0.39 is 29.6 Å². The first-order chi connectivity index (χ1) is 13.9. The van der Waals surface area contributed by atoms with E-state index in [0.717, 1.165) is 18.2 Å². The molecule has 158 valence electrons. The minimum Gasteiger partial charge on any atom is -0.476 e. The summed E-state index contributed by atoms with van der Waals surface area (Å²) < 4.78 is 83.6. The highest BCUT2D eigenvalue weighted by Crippen LogP contribution is 2.35. The zero-order valence-electron chi connectivity index (χ0n) is 15.1. The lowest BCUT2D eigenvalue weighted by Crippen LogP contribution is -2.09. The zero-order chi connectivity index (χ0) is 22.3. The van der Waals surface area contributed by atoms with E-state index in [2.05, 4.69) is 10.1 Å². The van der Waals surface area contributed by atoms with Gasteiger partial charge in [0.25, 0.3) is 0 Å². The molecule has 0 aliphatic carbocycles. The number of benzene rings is 1. The minimum absolute atomic E-state index is 0.0274. The van der Waals surface area contributed by atoms with E-state index in [1.807, 2.05) is 0 Å². The lowest BCUT2D eigenvalue weighted by Gasteiger charge is -2.12. The summed E-state index contributed by atoms with van der Waals surface area (Å²) in [4.78, 5) is 14.5. The Balaban J connectivity index is 2.20. The summed E-state index contributed by atoms with van der Waals surface area (Å²) in [6.07, 6.45) is -7.06. The van der Waals surface area contributed by atoms with Crippen LogP contribution in [0.4, 0.5) is 26.3 Å². The highest BCUT2D eigenvalue weighted by atomic mass is 19.4. The van der Waals surface area contributed by atoms with E-state index in [9.17, 15) is 31.1 Å². The van der Waals surface area contributed by atoms with Crippen molar-refractivity contribution in [2.75, 3.05) is 0 Å². The molecule has 2 heterocycles. The van der Waals surface area contributed by atoms with Crippen LogP contribution in [-0.2, 0) is 18.8 Å². The Labute approximate surface area is 164 Å². The molecular formula is C19H12F6N2O3. The number of hydrogen-bond donors (Lipinski definition) is 1. The normalized spacial score (nSPS) is 12.8. The summed E-state index contributed by atoms with van der Waals surface area (Å²) in [5, 5.41) is 12.3. The van der Waals surface area contributed by atoms with Crippen molar-refractivity contribution in [1.29, 1.82) is 0 Å². The topological polar surface area (TPSA) is 76.2 Å². The van der Waals surface area contributed by atoms with Gasteiger partial charge in [-0.05, 0) is 42.3 Å². The first-order valence-corrected chi connectivity index (χ1v) is 8.41. The molecule has 1 aromatic carbocycles. The fourth-order valence-corrected chi connectivity index (χ4v) is 2.84. The smallest absolute Gasteiger partial charge is 0.433 e. The third-order valence-electron chi connectivity index (χ3n) is 4.25. The third kappa shape index (κ3) is 4.14. The van der Waals surface area contributed by atoms with Crippen molar-refractivity contribution < 1.29 is 40.8 Å². The van der Waals surface area contributed by atoms with Gasteiger partial charge in [-0.25, -0.2) is 9.78 Å². The number of aromatic nitrogens is 2. The Morgan fingerprint density at radius 3 is 2.37 bits per heavy atom. The van der Waals surface area contributed by atoms with E-state index in [-0.39, 0.29) is 39.9 Å². The lowest BCUT2D eigenvalue weighted by atomic mass is 10.0. The first kappa shape index (κ1) is 21.3. The standard InChI is InChI=1S/C19H12F6N2O3/c1-2-11-14(30-27-16(11)17(28)29)6-3-9-7-15(19(23,24)25)26-13-5-4-10(8-12(9)13)18(20,21)22/h3-8H,2H2,1H3,(H,28,29)/b6-3-. The van der Waals surface area contributed by atoms with Crippen molar-refractivity contribution in [1.82, 2.24) is 10.1 Å². The Morgan fingerprint density at radius 1 is 1.10 bits per heavy atom. The number of rotatable bonds is 4. The second kappa shape index (κ2) is 7.47. The summed E-state index contributed by atoms with van der Waals surface area (Å²) in [6, 6.07) is 2.82. The molecule has 30 heavy (non-hydrogen) atoms. The lowest BCUT2D eigenvalue weighted by molar-refractivity contribution is -0.141. The number of alkyl halides is 6. The quantitative estimate of drug-likeness (QED) is 0.538. The van der Waals surface area contributed by atoms with Gasteiger partial charge in [0.1, 0.15) is 5.69 Å². The molecule has 0 amide bonds. The molecule has 3 rings (SSSR count). The van der Waals surface area contributed by atoms with E-state index in [1.165, 1.54) is 0 Å². The third-order valence-corrected chi connectivity index (χ3v) is 4.25. The number of aromatic carboxylic acids is 1. The Bertz CT molecular complexity index is 1150. The second-order valence-electron chi connectivity index (χ2n) is 6.19. The number of nitrogens with zero attached hydrogens (tertiary/aromatic N) is 2. The average molecular weight is 430 g/mol. The molecule has 0 aliphatic heterocycles. The van der Waals surface area contributed by atoms with Gasteiger partial charge >= 0.3 is 18.3 Å². The van der Waals surface area contributed by atoms with Crippen molar-refractivity contribution >= 4 is 29.0 Å². The largest absolute Gasteiger partial charge is 0.476 e. The maximum absolute atomic E-state index is 13.2. The van der Waals surface area contributed by atoms with Gasteiger partial charge < -0.3 is 9.63 Å². The highest BCUT2D eigenvalue weighted by molar-refractivity contribution is 5.92. The van der Waals surface area contributed by atoms with Crippen molar-refractivity contribution in [2.24, 2.45) is 0 Å². The van der Waals surface area contributed by atoms with Crippen molar-refractivity contribution in [3.63, 3.8) is 0 Å². The summed E-state index contributed by atoms with van der Waals surface area (Å²) in [7, 11) is 0. The van der Waals surface area contributed by atoms with E-state index in [4.69, 9.17) is 9.63 Å². The van der Waals surface area contributed by atoms with Gasteiger partial charge in [0, 0.05) is 10.9 Å². The van der Waals surface area contributed by atoms with E-state index in [0.29, 0.717) is 18.2 Å². The number of carboxylic acid groups (broad SMARTS) is 1. The molecule has 2 aromatic heterocycles. The molecule has 0 atom stereocenters. The van der Waals surface area contributed by atoms with Crippen LogP contribution in [0.1, 0.15) is 45.6 Å². The number of pyridine rings is 1. The van der Waals surface area contributed by atoms with Crippen molar-refractivity contribution in [2.45, 2.75) is 25.7 Å². The number of carboxylic acids is 1. The van der Waals surface area contributed by atoms with Crippen LogP contribution in [0, 0.1) is 0 Å². The molecule has 0 aliphatic rings. The molecule has 0 saturated carbocycles. The molecule has 0 spiro atoms. The van der Waals surface area contributed by atoms with Crippen LogP contribution in [0.3, 0.4) is 0 Å². The average Bonchev–Trinajstić information content (AvgIpc) is 3.07. The fraction of sp³-hybridized carbons (Fsp3) is 0.211. The van der Waals surface area contributed by atoms with Gasteiger partial charge in [0.2, 0.25) is 0 Å². The maximum atomic E-state index is 13.2. The monoisotopic (exact) mass is 430 g/mol. The fourth-order valence-electron chi connectivity index (χ4n) is 2.84. The van der Waals surface area contributed by atoms with Gasteiger partial charge in [-0.2, -0.15) is 26.3 Å². The molecule has 11 heteroatoms. The molecule has 0 bridgehead atoms. The maximum Gasteiger partial charge on any atom is 0.433 e. The molecule has 5 nitrogen and oxygen atoms in total. The van der Waals surface area contributed by atoms with Crippen LogP contribution in [0.25, 0.3) is 23.1 Å². The number of halogens is 6. The van der Waals surface area contributed by atoms with Crippen LogP contribution in [-0.4, -0.2) is 21.2 Å². The van der Waals surface area contributed by atoms with Gasteiger partial charge in [-0.15, -0.1) is 0 Å². The number of fused-ring (bicyclic) bond motifs is 1. The van der Waals surface area contributed by atoms with Gasteiger partial charge in [-0.3, -0.25) is 0 Å². The van der Waals surface area contributed by atoms with Gasteiger partial charge in [-0.1, -0.05) is 18.2 Å². The summed E-state index contributed by atoms with van der Waals surface area (Å²) in [5.41, 5.74) is -2.97. The van der Waals surface area contributed by atoms with E-state index in [1.54, 1.807) is 6.92 Å². The van der Waals surface area contributed by atoms with Gasteiger partial charge in [0.15, 0.2) is 11.5 Å². The van der Waals surface area contributed by atoms with Crippen LogP contribution in [0.15, 0.2) is 28.8 Å². The minimum atomic E-state index is -4.82. The Kier molecular flexibility index (Phi) is 5.31. The van der Waals surface area contributed by atoms with E-state index >= 15 is 0 Å². The first-order valence-electron chi connectivity index (χ1n) is 8.41. The second-order valence-corrected chi connectivity index (χ2v) is 6.19. The molecule has 3 aromatic rings. The molecular weight excluding hydrogens is 418 g/mol. The predicted octanol–water partition coefficient (Wildman–Crippen LogP) is 5.69. The van der Waals surface area contributed by atoms with Crippen molar-refractivity contribution in [3.8, 4) is 0 Å². The molecule has 1 N–H and O–H groups in total. The van der Waals surface area contributed by atoms with Crippen LogP contribution >= 0.6 is 0 Å². The summed E-state index contributed by atoms with van der Waals surface area (Å²) in [6.45, 7) is 1.62. The Morgan fingerprint density at radius 2 is 1.80 bits per heavy atom. The molecule has 0 radical (unpaired) electrons. The highest BCUT2D eigenvalue weighted by Gasteiger charge is 2.34. The van der Waals surface area contributed by atoms with Crippen LogP contribution in [0.5, 0.6) is 0 Å². The molecule has 0 saturated heterocycles. The van der Waals surface area contributed by atoms with Crippen molar-refractivity contribution in [3.05, 3.63) is 58.1 Å². The summed E-state index contributed by atoms with van der Waals surface area (Å²) in [5.74, 6) is -1.38. The Hall–Kier alpha value is -3.37. The summed E-state index contributed by atoms with van der Waals surface area (Å²) >= 11 is 0.